The van der Waals surface area contributed by atoms with Crippen LogP contribution in [-0.2, 0) is 16.0 Å². The average Bonchev–Trinajstić information content (AvgIpc) is 3.42. The van der Waals surface area contributed by atoms with E-state index in [0.29, 0.717) is 37.9 Å². The Labute approximate surface area is 156 Å². The summed E-state index contributed by atoms with van der Waals surface area (Å²) in [4.78, 5) is 26.6. The molecule has 1 unspecified atom stereocenters. The fourth-order valence-corrected chi connectivity index (χ4v) is 3.49. The molecule has 1 saturated heterocycles. The summed E-state index contributed by atoms with van der Waals surface area (Å²) >= 11 is 0. The number of carbonyl (C=O) groups is 2. The van der Waals surface area contributed by atoms with E-state index < -0.39 is 29.5 Å². The van der Waals surface area contributed by atoms with Gasteiger partial charge in [0.1, 0.15) is 11.9 Å². The lowest BCUT2D eigenvalue weighted by Crippen LogP contribution is -2.48. The lowest BCUT2D eigenvalue weighted by atomic mass is 10.0. The van der Waals surface area contributed by atoms with Gasteiger partial charge in [0.15, 0.2) is 11.6 Å². The van der Waals surface area contributed by atoms with E-state index in [1.807, 2.05) is 0 Å². The van der Waals surface area contributed by atoms with E-state index in [1.54, 1.807) is 4.90 Å². The zero-order chi connectivity index (χ0) is 19.6. The van der Waals surface area contributed by atoms with Gasteiger partial charge in [0.25, 0.3) is 0 Å². The lowest BCUT2D eigenvalue weighted by molar-refractivity contribution is -0.140. The molecule has 2 amide bonds. The molecule has 5 nitrogen and oxygen atoms in total. The van der Waals surface area contributed by atoms with Gasteiger partial charge in [-0.1, -0.05) is 12.8 Å². The minimum atomic E-state index is -1.26. The van der Waals surface area contributed by atoms with Gasteiger partial charge in [0, 0.05) is 31.6 Å². The predicted molar refractivity (Wildman–Crippen MR) is 93.1 cm³/mol. The molecule has 2 fully saturated rings. The van der Waals surface area contributed by atoms with Gasteiger partial charge in [-0.25, -0.2) is 13.2 Å². The molecule has 0 aromatic heterocycles. The van der Waals surface area contributed by atoms with Gasteiger partial charge in [-0.2, -0.15) is 0 Å². The Morgan fingerprint density at radius 2 is 1.93 bits per heavy atom. The van der Waals surface area contributed by atoms with Gasteiger partial charge in [-0.05, 0) is 36.8 Å². The van der Waals surface area contributed by atoms with Crippen molar-refractivity contribution in [2.75, 3.05) is 13.1 Å². The molecule has 8 heteroatoms. The molecule has 1 heterocycles. The molecule has 0 radical (unpaired) electrons. The van der Waals surface area contributed by atoms with Crippen LogP contribution in [0.4, 0.5) is 13.2 Å². The third-order valence-corrected chi connectivity index (χ3v) is 5.14. The number of carbonyl (C=O) groups excluding carboxylic acids is 2. The maximum absolute atomic E-state index is 13.8. The summed E-state index contributed by atoms with van der Waals surface area (Å²) in [5.74, 6) is -3.25. The molecule has 2 aliphatic rings. The van der Waals surface area contributed by atoms with E-state index in [-0.39, 0.29) is 30.2 Å². The molecule has 0 bridgehead atoms. The van der Waals surface area contributed by atoms with Crippen LogP contribution in [0.1, 0.15) is 37.7 Å². The molecule has 148 valence electrons. The number of halogens is 3. The van der Waals surface area contributed by atoms with E-state index in [9.17, 15) is 22.8 Å². The molecule has 1 saturated carbocycles. The van der Waals surface area contributed by atoms with Crippen molar-refractivity contribution in [1.82, 2.24) is 10.2 Å². The van der Waals surface area contributed by atoms with Crippen LogP contribution in [0.3, 0.4) is 0 Å². The van der Waals surface area contributed by atoms with Crippen molar-refractivity contribution in [1.29, 1.82) is 0 Å². The fourth-order valence-electron chi connectivity index (χ4n) is 3.49. The highest BCUT2D eigenvalue weighted by Crippen LogP contribution is 2.35. The SMILES string of the molecule is N[C@@H](CC(=O)N1CCCNC(=O)C1CC1CC1)Cc1cc(F)c(F)cc1F. The minimum Gasteiger partial charge on any atom is -0.354 e. The second kappa shape index (κ2) is 8.29. The lowest BCUT2D eigenvalue weighted by Gasteiger charge is -2.29. The summed E-state index contributed by atoms with van der Waals surface area (Å²) < 4.78 is 40.1. The Morgan fingerprint density at radius 3 is 2.63 bits per heavy atom. The Kier molecular flexibility index (Phi) is 6.04. The highest BCUT2D eigenvalue weighted by molar-refractivity contribution is 5.88. The first-order valence-corrected chi connectivity index (χ1v) is 9.31. The van der Waals surface area contributed by atoms with E-state index in [2.05, 4.69) is 5.32 Å². The van der Waals surface area contributed by atoms with E-state index in [1.165, 1.54) is 0 Å². The molecule has 3 rings (SSSR count). The number of nitrogens with zero attached hydrogens (tertiary/aromatic N) is 1. The van der Waals surface area contributed by atoms with Gasteiger partial charge in [0.05, 0.1) is 0 Å². The summed E-state index contributed by atoms with van der Waals surface area (Å²) in [6, 6.07) is -0.0154. The van der Waals surface area contributed by atoms with Crippen LogP contribution in [-0.4, -0.2) is 41.9 Å². The standard InChI is InChI=1S/C19H24F3N3O2/c20-14-10-16(22)15(21)8-12(14)7-13(23)9-18(26)25-5-1-4-24-19(27)17(25)6-11-2-3-11/h8,10-11,13,17H,1-7,9,23H2,(H,24,27)/t13-,17?/m1/s1. The van der Waals surface area contributed by atoms with E-state index >= 15 is 0 Å². The first-order valence-electron chi connectivity index (χ1n) is 9.31. The van der Waals surface area contributed by atoms with Crippen LogP contribution in [0.15, 0.2) is 12.1 Å². The van der Waals surface area contributed by atoms with Crippen molar-refractivity contribution in [2.45, 2.75) is 50.6 Å². The van der Waals surface area contributed by atoms with E-state index in [4.69, 9.17) is 5.73 Å². The molecule has 0 spiro atoms. The summed E-state index contributed by atoms with van der Waals surface area (Å²) in [6.07, 6.45) is 3.26. The van der Waals surface area contributed by atoms with Crippen molar-refractivity contribution in [3.05, 3.63) is 35.1 Å². The van der Waals surface area contributed by atoms with Crippen molar-refractivity contribution in [3.63, 3.8) is 0 Å². The molecule has 2 atom stereocenters. The summed E-state index contributed by atoms with van der Waals surface area (Å²) in [5, 5.41) is 2.83. The molecule has 1 aromatic carbocycles. The Balaban J connectivity index is 1.65. The molecule has 3 N–H and O–H groups in total. The van der Waals surface area contributed by atoms with Crippen LogP contribution in [0.25, 0.3) is 0 Å². The molecule has 1 aromatic rings. The second-order valence-electron chi connectivity index (χ2n) is 7.45. The maximum atomic E-state index is 13.8. The van der Waals surface area contributed by atoms with Gasteiger partial charge in [-0.15, -0.1) is 0 Å². The quantitative estimate of drug-likeness (QED) is 0.737. The average molecular weight is 383 g/mol. The number of nitrogens with one attached hydrogen (secondary N) is 1. The smallest absolute Gasteiger partial charge is 0.242 e. The van der Waals surface area contributed by atoms with Gasteiger partial charge in [0.2, 0.25) is 11.8 Å². The highest BCUT2D eigenvalue weighted by atomic mass is 19.2. The molecule has 27 heavy (non-hydrogen) atoms. The minimum absolute atomic E-state index is 0.0719. The number of nitrogens with two attached hydrogens (primary N) is 1. The Morgan fingerprint density at radius 1 is 1.22 bits per heavy atom. The molecule has 1 aliphatic carbocycles. The summed E-state index contributed by atoms with van der Waals surface area (Å²) in [7, 11) is 0. The third-order valence-electron chi connectivity index (χ3n) is 5.14. The van der Waals surface area contributed by atoms with Crippen molar-refractivity contribution in [3.8, 4) is 0 Å². The van der Waals surface area contributed by atoms with Crippen LogP contribution in [0, 0.1) is 23.4 Å². The van der Waals surface area contributed by atoms with Crippen LogP contribution < -0.4 is 11.1 Å². The van der Waals surface area contributed by atoms with E-state index in [0.717, 1.165) is 18.9 Å². The second-order valence-corrected chi connectivity index (χ2v) is 7.45. The van der Waals surface area contributed by atoms with Gasteiger partial charge >= 0.3 is 0 Å². The van der Waals surface area contributed by atoms with Crippen LogP contribution in [0.2, 0.25) is 0 Å². The number of amides is 2. The fraction of sp³-hybridized carbons (Fsp3) is 0.579. The maximum Gasteiger partial charge on any atom is 0.242 e. The van der Waals surface area contributed by atoms with Crippen LogP contribution >= 0.6 is 0 Å². The third kappa shape index (κ3) is 5.00. The summed E-state index contributed by atoms with van der Waals surface area (Å²) in [6.45, 7) is 0.983. The summed E-state index contributed by atoms with van der Waals surface area (Å²) in [5.41, 5.74) is 5.90. The highest BCUT2D eigenvalue weighted by Gasteiger charge is 2.36. The van der Waals surface area contributed by atoms with Crippen molar-refractivity contribution >= 4 is 11.8 Å². The number of benzene rings is 1. The molecule has 1 aliphatic heterocycles. The Bertz CT molecular complexity index is 724. The first kappa shape index (κ1) is 19.7. The monoisotopic (exact) mass is 383 g/mol. The van der Waals surface area contributed by atoms with Gasteiger partial charge < -0.3 is 16.0 Å². The molecular formula is C19H24F3N3O2. The normalized spacial score (nSPS) is 21.6. The largest absolute Gasteiger partial charge is 0.354 e. The van der Waals surface area contributed by atoms with Crippen molar-refractivity contribution in [2.24, 2.45) is 11.7 Å². The number of rotatable bonds is 6. The topological polar surface area (TPSA) is 75.4 Å². The first-order chi connectivity index (χ1) is 12.8. The number of hydrogen-bond acceptors (Lipinski definition) is 3. The van der Waals surface area contributed by atoms with Crippen LogP contribution in [0.5, 0.6) is 0 Å². The zero-order valence-electron chi connectivity index (χ0n) is 15.0. The predicted octanol–water partition coefficient (Wildman–Crippen LogP) is 1.88. The number of hydrogen-bond donors (Lipinski definition) is 2. The molecular weight excluding hydrogens is 359 g/mol. The Hall–Kier alpha value is -2.09. The van der Waals surface area contributed by atoms with Gasteiger partial charge in [-0.3, -0.25) is 9.59 Å². The van der Waals surface area contributed by atoms with Crippen molar-refractivity contribution < 1.29 is 22.8 Å². The zero-order valence-corrected chi connectivity index (χ0v) is 15.0.